The molecule has 7 heteroatoms. The van der Waals surface area contributed by atoms with Crippen LogP contribution in [0.25, 0.3) is 21.5 Å². The number of thiazole rings is 1. The van der Waals surface area contributed by atoms with Gasteiger partial charge in [-0.15, -0.1) is 11.3 Å². The average Bonchev–Trinajstić information content (AvgIpc) is 3.16. The minimum absolute atomic E-state index is 0.0796. The molecule has 0 N–H and O–H groups in total. The largest absolute Gasteiger partial charge is 0.333 e. The summed E-state index contributed by atoms with van der Waals surface area (Å²) in [6.07, 6.45) is 1.24. The van der Waals surface area contributed by atoms with Gasteiger partial charge in [0.1, 0.15) is 5.69 Å². The van der Waals surface area contributed by atoms with Crippen molar-refractivity contribution in [3.63, 3.8) is 0 Å². The summed E-state index contributed by atoms with van der Waals surface area (Å²) < 4.78 is 2.16. The van der Waals surface area contributed by atoms with E-state index >= 15 is 0 Å². The summed E-state index contributed by atoms with van der Waals surface area (Å²) in [5, 5.41) is 1.94. The number of amides is 1. The summed E-state index contributed by atoms with van der Waals surface area (Å²) in [5.74, 6) is 2.20. The van der Waals surface area contributed by atoms with E-state index < -0.39 is 0 Å². The smallest absolute Gasteiger partial charge is 0.274 e. The van der Waals surface area contributed by atoms with Gasteiger partial charge in [-0.05, 0) is 42.9 Å². The Morgan fingerprint density at radius 2 is 1.91 bits per heavy atom. The van der Waals surface area contributed by atoms with Crippen LogP contribution in [-0.4, -0.2) is 43.7 Å². The van der Waals surface area contributed by atoms with E-state index in [0.29, 0.717) is 17.5 Å². The number of hydrogen-bond donors (Lipinski definition) is 0. The molecule has 2 aliphatic rings. The van der Waals surface area contributed by atoms with E-state index in [1.54, 1.807) is 23.1 Å². The Hall–Kier alpha value is -2.64. The Morgan fingerprint density at radius 1 is 1.12 bits per heavy atom. The summed E-state index contributed by atoms with van der Waals surface area (Å²) in [7, 11) is 2.07. The maximum absolute atomic E-state index is 13.7. The second kappa shape index (κ2) is 7.74. The third-order valence-electron chi connectivity index (χ3n) is 6.67. The number of likely N-dealkylation sites (tertiary alicyclic amines) is 1. The highest BCUT2D eigenvalue weighted by molar-refractivity contribution is 7.99. The molecule has 2 aromatic heterocycles. The number of carbonyl (C=O) groups is 1. The number of para-hydroxylation sites is 2. The number of imidazole rings is 1. The quantitative estimate of drug-likeness (QED) is 0.381. The topological polar surface area (TPSA) is 51.0 Å². The highest BCUT2D eigenvalue weighted by Gasteiger charge is 2.54. The molecule has 32 heavy (non-hydrogen) atoms. The Labute approximate surface area is 195 Å². The first-order valence-corrected chi connectivity index (χ1v) is 12.8. The molecule has 1 aliphatic carbocycles. The molecule has 1 saturated carbocycles. The van der Waals surface area contributed by atoms with E-state index in [0.717, 1.165) is 43.9 Å². The van der Waals surface area contributed by atoms with Gasteiger partial charge in [-0.3, -0.25) is 4.79 Å². The zero-order valence-corrected chi connectivity index (χ0v) is 19.7. The lowest BCUT2D eigenvalue weighted by Gasteiger charge is -2.27. The fourth-order valence-electron chi connectivity index (χ4n) is 4.92. The summed E-state index contributed by atoms with van der Waals surface area (Å²) in [4.78, 5) is 26.2. The van der Waals surface area contributed by atoms with Crippen LogP contribution in [-0.2, 0) is 7.05 Å². The van der Waals surface area contributed by atoms with Crippen molar-refractivity contribution in [1.29, 1.82) is 0 Å². The molecule has 1 saturated heterocycles. The number of rotatable bonds is 5. The molecule has 5 nitrogen and oxygen atoms in total. The second-order valence-electron chi connectivity index (χ2n) is 8.71. The van der Waals surface area contributed by atoms with Gasteiger partial charge in [-0.1, -0.05) is 54.2 Å². The molecule has 4 aromatic rings. The van der Waals surface area contributed by atoms with E-state index in [-0.39, 0.29) is 11.9 Å². The number of fused-ring (bicyclic) bond motifs is 2. The highest BCUT2D eigenvalue weighted by atomic mass is 32.2. The number of thioether (sulfide) groups is 1. The first kappa shape index (κ1) is 20.0. The Kier molecular flexibility index (Phi) is 4.84. The van der Waals surface area contributed by atoms with E-state index in [9.17, 15) is 4.79 Å². The highest BCUT2D eigenvalue weighted by Crippen LogP contribution is 2.51. The normalized spacial score (nSPS) is 21.8. The minimum Gasteiger partial charge on any atom is -0.333 e. The predicted molar refractivity (Wildman–Crippen MR) is 130 cm³/mol. The Morgan fingerprint density at radius 3 is 2.72 bits per heavy atom. The van der Waals surface area contributed by atoms with Crippen LogP contribution in [0.3, 0.4) is 0 Å². The van der Waals surface area contributed by atoms with Gasteiger partial charge in [-0.2, -0.15) is 0 Å². The third kappa shape index (κ3) is 3.35. The van der Waals surface area contributed by atoms with Gasteiger partial charge < -0.3 is 9.47 Å². The molecule has 6 rings (SSSR count). The van der Waals surface area contributed by atoms with Crippen molar-refractivity contribution in [1.82, 2.24) is 19.4 Å². The van der Waals surface area contributed by atoms with E-state index in [1.807, 2.05) is 37.3 Å². The van der Waals surface area contributed by atoms with Crippen LogP contribution in [0.1, 0.15) is 21.9 Å². The Bertz CT molecular complexity index is 1310. The van der Waals surface area contributed by atoms with Gasteiger partial charge in [0.05, 0.1) is 20.9 Å². The molecule has 162 valence electrons. The molecular weight excluding hydrogens is 436 g/mol. The van der Waals surface area contributed by atoms with Crippen molar-refractivity contribution in [2.24, 2.45) is 18.9 Å². The van der Waals surface area contributed by atoms with Crippen molar-refractivity contribution in [2.45, 2.75) is 24.5 Å². The maximum Gasteiger partial charge on any atom is 0.274 e. The molecular formula is C25H24N4OS2. The molecule has 3 heterocycles. The second-order valence-corrected chi connectivity index (χ2v) is 10.9. The van der Waals surface area contributed by atoms with E-state index in [4.69, 9.17) is 4.98 Å². The standard InChI is InChI=1S/C25H24N4OS2/c1-15-26-22(23(32-15)16-8-4-3-5-9-16)24(30)29-13-17-12-18(17)21(29)14-31-25-27-19-10-6-7-11-20(19)28(25)2/h3-11,17-18,21H,12-14H2,1-2H3/t17?,18-,21?/m1/s1. The molecule has 0 spiro atoms. The average molecular weight is 461 g/mol. The monoisotopic (exact) mass is 460 g/mol. The number of nitrogens with zero attached hydrogens (tertiary/aromatic N) is 4. The summed E-state index contributed by atoms with van der Waals surface area (Å²) >= 11 is 3.37. The SMILES string of the molecule is Cc1nc(C(=O)N2CC3C[C@H]3C2CSc2nc3ccccc3n2C)c(-c2ccccc2)s1. The fourth-order valence-corrected chi connectivity index (χ4v) is 7.04. The number of aryl methyl sites for hydroxylation is 2. The lowest BCUT2D eigenvalue weighted by Crippen LogP contribution is -2.40. The van der Waals surface area contributed by atoms with Crippen LogP contribution in [0, 0.1) is 18.8 Å². The van der Waals surface area contributed by atoms with E-state index in [1.165, 1.54) is 6.42 Å². The number of hydrogen-bond acceptors (Lipinski definition) is 5. The number of benzene rings is 2. The zero-order chi connectivity index (χ0) is 21.8. The van der Waals surface area contributed by atoms with Crippen LogP contribution < -0.4 is 0 Å². The molecule has 2 unspecified atom stereocenters. The Balaban J connectivity index is 1.26. The van der Waals surface area contributed by atoms with Gasteiger partial charge in [0, 0.05) is 25.4 Å². The van der Waals surface area contributed by atoms with Crippen LogP contribution in [0.15, 0.2) is 59.8 Å². The zero-order valence-electron chi connectivity index (χ0n) is 18.1. The van der Waals surface area contributed by atoms with Crippen molar-refractivity contribution < 1.29 is 4.79 Å². The number of carbonyl (C=O) groups excluding carboxylic acids is 1. The molecule has 1 aliphatic heterocycles. The lowest BCUT2D eigenvalue weighted by atomic mass is 10.1. The van der Waals surface area contributed by atoms with Crippen molar-refractivity contribution in [2.75, 3.05) is 12.3 Å². The van der Waals surface area contributed by atoms with Crippen molar-refractivity contribution in [3.8, 4) is 10.4 Å². The number of piperidine rings is 1. The predicted octanol–water partition coefficient (Wildman–Crippen LogP) is 5.26. The molecule has 1 amide bonds. The lowest BCUT2D eigenvalue weighted by molar-refractivity contribution is 0.0718. The summed E-state index contributed by atoms with van der Waals surface area (Å²) in [5.41, 5.74) is 3.84. The van der Waals surface area contributed by atoms with Crippen molar-refractivity contribution >= 4 is 40.0 Å². The van der Waals surface area contributed by atoms with Gasteiger partial charge in [-0.25, -0.2) is 9.97 Å². The first-order chi connectivity index (χ1) is 15.6. The van der Waals surface area contributed by atoms with Gasteiger partial charge >= 0.3 is 0 Å². The molecule has 3 atom stereocenters. The van der Waals surface area contributed by atoms with Crippen LogP contribution in [0.2, 0.25) is 0 Å². The third-order valence-corrected chi connectivity index (χ3v) is 8.82. The fraction of sp³-hybridized carbons (Fsp3) is 0.320. The molecule has 0 radical (unpaired) electrons. The van der Waals surface area contributed by atoms with Gasteiger partial charge in [0.25, 0.3) is 5.91 Å². The minimum atomic E-state index is 0.0796. The van der Waals surface area contributed by atoms with Crippen LogP contribution in [0.4, 0.5) is 0 Å². The molecule has 2 aromatic carbocycles. The van der Waals surface area contributed by atoms with E-state index in [2.05, 4.69) is 45.8 Å². The maximum atomic E-state index is 13.7. The van der Waals surface area contributed by atoms with Crippen LogP contribution in [0.5, 0.6) is 0 Å². The number of aromatic nitrogens is 3. The summed E-state index contributed by atoms with van der Waals surface area (Å²) in [6, 6.07) is 18.6. The van der Waals surface area contributed by atoms with Gasteiger partial charge in [0.2, 0.25) is 0 Å². The first-order valence-electron chi connectivity index (χ1n) is 11.0. The molecule has 0 bridgehead atoms. The van der Waals surface area contributed by atoms with Crippen molar-refractivity contribution in [3.05, 3.63) is 65.3 Å². The van der Waals surface area contributed by atoms with Crippen LogP contribution >= 0.6 is 23.1 Å². The molecule has 2 fully saturated rings. The van der Waals surface area contributed by atoms with Gasteiger partial charge in [0.15, 0.2) is 5.16 Å². The summed E-state index contributed by atoms with van der Waals surface area (Å²) in [6.45, 7) is 2.83.